The molecule has 0 radical (unpaired) electrons. The molecular weight excluding hydrogens is 282 g/mol. The zero-order valence-corrected chi connectivity index (χ0v) is 11.6. The Bertz CT molecular complexity index is 557. The number of carboxylic acid groups (broad SMARTS) is 1. The standard InChI is InChI=1S/C12H15N3O4S/c1-6(14-12(13)19)10(16)15-4-2-8-7(3-5-20-8)9(15)11(17)18/h3,5-6,9H,2,4H2,1H3,(H,17,18)(H3,13,14,19). The van der Waals surface area contributed by atoms with Crippen molar-refractivity contribution in [1.29, 1.82) is 0 Å². The maximum absolute atomic E-state index is 12.3. The fourth-order valence-electron chi connectivity index (χ4n) is 2.34. The molecule has 1 aliphatic rings. The van der Waals surface area contributed by atoms with Crippen molar-refractivity contribution in [1.82, 2.24) is 10.2 Å². The Morgan fingerprint density at radius 3 is 2.85 bits per heavy atom. The Balaban J connectivity index is 2.25. The van der Waals surface area contributed by atoms with Gasteiger partial charge in [-0.1, -0.05) is 0 Å². The van der Waals surface area contributed by atoms with Crippen LogP contribution >= 0.6 is 11.3 Å². The zero-order valence-electron chi connectivity index (χ0n) is 10.8. The maximum Gasteiger partial charge on any atom is 0.331 e. The van der Waals surface area contributed by atoms with Gasteiger partial charge in [0.05, 0.1) is 0 Å². The SMILES string of the molecule is CC(NC(N)=O)C(=O)N1CCc2sccc2C1C(=O)O. The largest absolute Gasteiger partial charge is 0.479 e. The Labute approximate surface area is 119 Å². The summed E-state index contributed by atoms with van der Waals surface area (Å²) in [6.45, 7) is 1.79. The lowest BCUT2D eigenvalue weighted by Crippen LogP contribution is -2.52. The second-order valence-electron chi connectivity index (χ2n) is 4.55. The van der Waals surface area contributed by atoms with Crippen LogP contribution in [-0.4, -0.2) is 40.5 Å². The Morgan fingerprint density at radius 2 is 2.25 bits per heavy atom. The number of nitrogens with zero attached hydrogens (tertiary/aromatic N) is 1. The van der Waals surface area contributed by atoms with E-state index >= 15 is 0 Å². The first-order valence-electron chi connectivity index (χ1n) is 6.07. The molecule has 0 aromatic carbocycles. The Morgan fingerprint density at radius 1 is 1.55 bits per heavy atom. The first-order chi connectivity index (χ1) is 9.41. The van der Waals surface area contributed by atoms with Crippen molar-refractivity contribution in [2.75, 3.05) is 6.54 Å². The fraction of sp³-hybridized carbons (Fsp3) is 0.417. The lowest BCUT2D eigenvalue weighted by atomic mass is 9.99. The highest BCUT2D eigenvalue weighted by molar-refractivity contribution is 7.10. The van der Waals surface area contributed by atoms with Gasteiger partial charge in [-0.2, -0.15) is 0 Å². The molecule has 1 aliphatic heterocycles. The van der Waals surface area contributed by atoms with E-state index in [1.54, 1.807) is 6.07 Å². The predicted octanol–water partition coefficient (Wildman–Crippen LogP) is 0.315. The van der Waals surface area contributed by atoms with Gasteiger partial charge in [-0.15, -0.1) is 11.3 Å². The average molecular weight is 297 g/mol. The Hall–Kier alpha value is -2.09. The first-order valence-corrected chi connectivity index (χ1v) is 6.95. The van der Waals surface area contributed by atoms with Gasteiger partial charge in [-0.3, -0.25) is 4.79 Å². The summed E-state index contributed by atoms with van der Waals surface area (Å²) < 4.78 is 0. The molecule has 3 amide bonds. The van der Waals surface area contributed by atoms with Crippen LogP contribution in [0.15, 0.2) is 11.4 Å². The molecule has 0 spiro atoms. The monoisotopic (exact) mass is 297 g/mol. The number of fused-ring (bicyclic) bond motifs is 1. The normalized spacial score (nSPS) is 19.1. The van der Waals surface area contributed by atoms with Crippen molar-refractivity contribution in [3.63, 3.8) is 0 Å². The van der Waals surface area contributed by atoms with E-state index in [-0.39, 0.29) is 0 Å². The van der Waals surface area contributed by atoms with E-state index in [9.17, 15) is 19.5 Å². The summed E-state index contributed by atoms with van der Waals surface area (Å²) in [5, 5.41) is 13.5. The van der Waals surface area contributed by atoms with E-state index in [4.69, 9.17) is 5.73 Å². The second kappa shape index (κ2) is 5.49. The molecule has 0 fully saturated rings. The van der Waals surface area contributed by atoms with Crippen LogP contribution in [0, 0.1) is 0 Å². The molecule has 2 unspecified atom stereocenters. The van der Waals surface area contributed by atoms with Gasteiger partial charge in [0.25, 0.3) is 0 Å². The molecule has 0 saturated carbocycles. The highest BCUT2D eigenvalue weighted by Gasteiger charge is 2.38. The third kappa shape index (κ3) is 2.60. The molecular formula is C12H15N3O4S. The molecule has 0 saturated heterocycles. The molecule has 2 rings (SSSR count). The van der Waals surface area contributed by atoms with E-state index < -0.39 is 30.0 Å². The molecule has 2 atom stereocenters. The number of carbonyl (C=O) groups is 3. The molecule has 108 valence electrons. The first kappa shape index (κ1) is 14.3. The minimum Gasteiger partial charge on any atom is -0.479 e. The van der Waals surface area contributed by atoms with Crippen LogP contribution in [0.25, 0.3) is 0 Å². The number of urea groups is 1. The van der Waals surface area contributed by atoms with Crippen LogP contribution in [0.2, 0.25) is 0 Å². The molecule has 1 aromatic heterocycles. The third-order valence-corrected chi connectivity index (χ3v) is 4.21. The smallest absolute Gasteiger partial charge is 0.331 e. The van der Waals surface area contributed by atoms with Crippen LogP contribution < -0.4 is 11.1 Å². The third-order valence-electron chi connectivity index (χ3n) is 3.21. The lowest BCUT2D eigenvalue weighted by Gasteiger charge is -2.34. The van der Waals surface area contributed by atoms with Crippen molar-refractivity contribution >= 4 is 29.2 Å². The van der Waals surface area contributed by atoms with E-state index in [1.165, 1.54) is 23.2 Å². The number of nitrogens with one attached hydrogen (secondary N) is 1. The van der Waals surface area contributed by atoms with Gasteiger partial charge in [-0.25, -0.2) is 9.59 Å². The number of hydrogen-bond acceptors (Lipinski definition) is 4. The topological polar surface area (TPSA) is 113 Å². The summed E-state index contributed by atoms with van der Waals surface area (Å²) in [5.41, 5.74) is 5.63. The Kier molecular flexibility index (Phi) is 3.93. The number of hydrogen-bond donors (Lipinski definition) is 3. The van der Waals surface area contributed by atoms with Crippen molar-refractivity contribution in [2.24, 2.45) is 5.73 Å². The van der Waals surface area contributed by atoms with Gasteiger partial charge in [0, 0.05) is 11.4 Å². The van der Waals surface area contributed by atoms with Crippen LogP contribution in [0.3, 0.4) is 0 Å². The molecule has 2 heterocycles. The number of amides is 3. The average Bonchev–Trinajstić information content (AvgIpc) is 2.83. The maximum atomic E-state index is 12.3. The highest BCUT2D eigenvalue weighted by Crippen LogP contribution is 2.33. The van der Waals surface area contributed by atoms with E-state index in [0.717, 1.165) is 4.88 Å². The van der Waals surface area contributed by atoms with Gasteiger partial charge in [0.15, 0.2) is 6.04 Å². The summed E-state index contributed by atoms with van der Waals surface area (Å²) in [6.07, 6.45) is 0.617. The number of thiophene rings is 1. The second-order valence-corrected chi connectivity index (χ2v) is 5.55. The number of primary amides is 1. The zero-order chi connectivity index (χ0) is 14.9. The summed E-state index contributed by atoms with van der Waals surface area (Å²) in [5.74, 6) is -1.53. The van der Waals surface area contributed by atoms with Gasteiger partial charge >= 0.3 is 12.0 Å². The van der Waals surface area contributed by atoms with Crippen molar-refractivity contribution in [2.45, 2.75) is 25.4 Å². The van der Waals surface area contributed by atoms with Gasteiger partial charge in [0.1, 0.15) is 6.04 Å². The number of nitrogens with two attached hydrogens (primary N) is 1. The molecule has 7 nitrogen and oxygen atoms in total. The van der Waals surface area contributed by atoms with Crippen molar-refractivity contribution < 1.29 is 19.5 Å². The minimum atomic E-state index is -1.08. The lowest BCUT2D eigenvalue weighted by molar-refractivity contribution is -0.151. The van der Waals surface area contributed by atoms with Gasteiger partial charge in [0.2, 0.25) is 5.91 Å². The van der Waals surface area contributed by atoms with E-state index in [1.807, 2.05) is 5.38 Å². The number of aliphatic carboxylic acids is 1. The summed E-state index contributed by atoms with van der Waals surface area (Å²) in [7, 11) is 0. The quantitative estimate of drug-likeness (QED) is 0.745. The molecule has 4 N–H and O–H groups in total. The molecule has 20 heavy (non-hydrogen) atoms. The van der Waals surface area contributed by atoms with Crippen molar-refractivity contribution in [3.8, 4) is 0 Å². The highest BCUT2D eigenvalue weighted by atomic mass is 32.1. The summed E-state index contributed by atoms with van der Waals surface area (Å²) >= 11 is 1.49. The van der Waals surface area contributed by atoms with Crippen LogP contribution in [0.1, 0.15) is 23.4 Å². The summed E-state index contributed by atoms with van der Waals surface area (Å²) in [4.78, 5) is 36.8. The van der Waals surface area contributed by atoms with Crippen molar-refractivity contribution in [3.05, 3.63) is 21.9 Å². The van der Waals surface area contributed by atoms with Crippen LogP contribution in [-0.2, 0) is 16.0 Å². The number of rotatable bonds is 3. The molecule has 8 heteroatoms. The number of carbonyl (C=O) groups excluding carboxylic acids is 2. The van der Waals surface area contributed by atoms with Crippen LogP contribution in [0.5, 0.6) is 0 Å². The fourth-order valence-corrected chi connectivity index (χ4v) is 3.25. The molecule has 0 aliphatic carbocycles. The summed E-state index contributed by atoms with van der Waals surface area (Å²) in [6, 6.07) is -0.945. The number of carboxylic acids is 1. The molecule has 0 bridgehead atoms. The van der Waals surface area contributed by atoms with Crippen LogP contribution in [0.4, 0.5) is 4.79 Å². The predicted molar refractivity (Wildman–Crippen MR) is 72.3 cm³/mol. The van der Waals surface area contributed by atoms with Gasteiger partial charge in [-0.05, 0) is 30.4 Å². The molecule has 1 aromatic rings. The van der Waals surface area contributed by atoms with E-state index in [0.29, 0.717) is 18.5 Å². The van der Waals surface area contributed by atoms with E-state index in [2.05, 4.69) is 5.32 Å². The van der Waals surface area contributed by atoms with Gasteiger partial charge < -0.3 is 21.1 Å². The minimum absolute atomic E-state index is 0.314.